The molecule has 88 valence electrons. The first-order valence-electron chi connectivity index (χ1n) is 5.29. The van der Waals surface area contributed by atoms with Crippen molar-refractivity contribution in [3.05, 3.63) is 34.2 Å². The normalized spacial score (nSPS) is 10.1. The van der Waals surface area contributed by atoms with Gasteiger partial charge in [-0.15, -0.1) is 0 Å². The van der Waals surface area contributed by atoms with Crippen LogP contribution >= 0.6 is 0 Å². The van der Waals surface area contributed by atoms with Crippen molar-refractivity contribution in [3.8, 4) is 0 Å². The van der Waals surface area contributed by atoms with Gasteiger partial charge in [-0.25, -0.2) is 0 Å². The van der Waals surface area contributed by atoms with E-state index in [1.807, 2.05) is 6.92 Å². The van der Waals surface area contributed by atoms with Crippen LogP contribution < -0.4 is 10.9 Å². The number of hydrogen-bond donors (Lipinski definition) is 2. The number of rotatable bonds is 6. The molecule has 5 heteroatoms. The maximum absolute atomic E-state index is 11.5. The number of amides is 1. The molecule has 2 N–H and O–H groups in total. The Hall–Kier alpha value is -1.62. The molecule has 1 aromatic heterocycles. The summed E-state index contributed by atoms with van der Waals surface area (Å²) in [5.74, 6) is -0.269. The molecule has 0 bridgehead atoms. The zero-order chi connectivity index (χ0) is 11.8. The highest BCUT2D eigenvalue weighted by Crippen LogP contribution is 1.90. The smallest absolute Gasteiger partial charge is 0.267 e. The first-order valence-corrected chi connectivity index (χ1v) is 5.29. The summed E-state index contributed by atoms with van der Waals surface area (Å²) >= 11 is 0. The largest absolute Gasteiger partial charge is 0.382 e. The lowest BCUT2D eigenvalue weighted by molar-refractivity contribution is 0.0939. The van der Waals surface area contributed by atoms with Crippen molar-refractivity contribution in [1.29, 1.82) is 0 Å². The third kappa shape index (κ3) is 4.27. The fraction of sp³-hybridized carbons (Fsp3) is 0.455. The van der Waals surface area contributed by atoms with Crippen LogP contribution in [0, 0.1) is 0 Å². The Kier molecular flexibility index (Phi) is 5.28. The van der Waals surface area contributed by atoms with E-state index in [4.69, 9.17) is 4.74 Å². The van der Waals surface area contributed by atoms with Crippen LogP contribution in [0.1, 0.15) is 23.8 Å². The Morgan fingerprint density at radius 3 is 3.00 bits per heavy atom. The van der Waals surface area contributed by atoms with Crippen LogP contribution in [0.4, 0.5) is 0 Å². The molecule has 1 aromatic rings. The van der Waals surface area contributed by atoms with Gasteiger partial charge in [0.15, 0.2) is 0 Å². The van der Waals surface area contributed by atoms with Crippen LogP contribution in [-0.2, 0) is 4.74 Å². The molecule has 0 aliphatic rings. The van der Waals surface area contributed by atoms with Gasteiger partial charge < -0.3 is 15.0 Å². The van der Waals surface area contributed by atoms with Crippen LogP contribution in [0.15, 0.2) is 23.0 Å². The molecule has 0 aliphatic carbocycles. The molecule has 1 heterocycles. The lowest BCUT2D eigenvalue weighted by atomic mass is 10.3. The minimum atomic E-state index is -0.276. The molecule has 0 saturated heterocycles. The maximum atomic E-state index is 11.5. The summed E-state index contributed by atoms with van der Waals surface area (Å²) in [5.41, 5.74) is 0.00544. The minimum Gasteiger partial charge on any atom is -0.382 e. The molecule has 0 spiro atoms. The van der Waals surface area contributed by atoms with Gasteiger partial charge in [-0.2, -0.15) is 0 Å². The monoisotopic (exact) mass is 224 g/mol. The summed E-state index contributed by atoms with van der Waals surface area (Å²) < 4.78 is 5.13. The Morgan fingerprint density at radius 2 is 2.31 bits per heavy atom. The number of ether oxygens (including phenoxy) is 1. The van der Waals surface area contributed by atoms with Gasteiger partial charge in [-0.1, -0.05) is 6.07 Å². The molecule has 5 nitrogen and oxygen atoms in total. The Morgan fingerprint density at radius 1 is 1.50 bits per heavy atom. The van der Waals surface area contributed by atoms with E-state index in [-0.39, 0.29) is 17.2 Å². The molecule has 0 aromatic carbocycles. The maximum Gasteiger partial charge on any atom is 0.267 e. The van der Waals surface area contributed by atoms with Gasteiger partial charge in [0.2, 0.25) is 5.56 Å². The number of hydrogen-bond acceptors (Lipinski definition) is 3. The van der Waals surface area contributed by atoms with Gasteiger partial charge >= 0.3 is 0 Å². The highest BCUT2D eigenvalue weighted by atomic mass is 16.5. The van der Waals surface area contributed by atoms with E-state index in [2.05, 4.69) is 10.3 Å². The van der Waals surface area contributed by atoms with Gasteiger partial charge in [0, 0.05) is 25.8 Å². The average molecular weight is 224 g/mol. The van der Waals surface area contributed by atoms with E-state index in [0.717, 1.165) is 6.42 Å². The number of nitrogens with one attached hydrogen (secondary N) is 2. The molecule has 0 atom stereocenters. The van der Waals surface area contributed by atoms with Gasteiger partial charge in [0.1, 0.15) is 5.69 Å². The lowest BCUT2D eigenvalue weighted by Gasteiger charge is -2.04. The van der Waals surface area contributed by atoms with Crippen molar-refractivity contribution < 1.29 is 9.53 Å². The fourth-order valence-corrected chi connectivity index (χ4v) is 1.20. The second kappa shape index (κ2) is 6.79. The van der Waals surface area contributed by atoms with Gasteiger partial charge in [-0.05, 0) is 19.4 Å². The number of pyridine rings is 1. The van der Waals surface area contributed by atoms with E-state index < -0.39 is 0 Å². The third-order valence-corrected chi connectivity index (χ3v) is 1.97. The zero-order valence-electron chi connectivity index (χ0n) is 9.29. The molecule has 1 amide bonds. The first-order chi connectivity index (χ1) is 7.74. The topological polar surface area (TPSA) is 71.2 Å². The van der Waals surface area contributed by atoms with E-state index >= 15 is 0 Å². The van der Waals surface area contributed by atoms with Crippen molar-refractivity contribution in [1.82, 2.24) is 10.3 Å². The fourth-order valence-electron chi connectivity index (χ4n) is 1.20. The summed E-state index contributed by atoms with van der Waals surface area (Å²) in [6.45, 7) is 3.77. The molecule has 0 unspecified atom stereocenters. The van der Waals surface area contributed by atoms with Crippen molar-refractivity contribution in [3.63, 3.8) is 0 Å². The number of carbonyl (C=O) groups is 1. The quantitative estimate of drug-likeness (QED) is 0.692. The second-order valence-electron chi connectivity index (χ2n) is 3.24. The van der Waals surface area contributed by atoms with Gasteiger partial charge in [-0.3, -0.25) is 9.59 Å². The van der Waals surface area contributed by atoms with Gasteiger partial charge in [0.25, 0.3) is 5.91 Å². The number of aromatic nitrogens is 1. The van der Waals surface area contributed by atoms with E-state index in [1.54, 1.807) is 12.1 Å². The number of carbonyl (C=O) groups excluding carboxylic acids is 1. The van der Waals surface area contributed by atoms with Crippen LogP contribution in [0.5, 0.6) is 0 Å². The van der Waals surface area contributed by atoms with Crippen molar-refractivity contribution in [2.24, 2.45) is 0 Å². The number of H-pyrrole nitrogens is 1. The van der Waals surface area contributed by atoms with Crippen molar-refractivity contribution in [2.75, 3.05) is 19.8 Å². The molecular formula is C11H16N2O3. The minimum absolute atomic E-state index is 0.269. The molecule has 16 heavy (non-hydrogen) atoms. The average Bonchev–Trinajstić information content (AvgIpc) is 2.28. The summed E-state index contributed by atoms with van der Waals surface area (Å²) in [6, 6.07) is 4.49. The van der Waals surface area contributed by atoms with Crippen molar-refractivity contribution >= 4 is 5.91 Å². The highest BCUT2D eigenvalue weighted by Gasteiger charge is 2.04. The lowest BCUT2D eigenvalue weighted by Crippen LogP contribution is -2.27. The predicted molar refractivity (Wildman–Crippen MR) is 60.5 cm³/mol. The Labute approximate surface area is 93.8 Å². The summed E-state index contributed by atoms with van der Waals surface area (Å²) in [5, 5.41) is 2.70. The van der Waals surface area contributed by atoms with Gasteiger partial charge in [0.05, 0.1) is 0 Å². The van der Waals surface area contributed by atoms with Crippen LogP contribution in [-0.4, -0.2) is 30.6 Å². The Bertz CT molecular complexity index is 387. The third-order valence-electron chi connectivity index (χ3n) is 1.97. The Balaban J connectivity index is 2.33. The zero-order valence-corrected chi connectivity index (χ0v) is 9.29. The van der Waals surface area contributed by atoms with Crippen LogP contribution in [0.25, 0.3) is 0 Å². The predicted octanol–water partition coefficient (Wildman–Crippen LogP) is 0.531. The second-order valence-corrected chi connectivity index (χ2v) is 3.24. The molecular weight excluding hydrogens is 208 g/mol. The molecule has 0 radical (unpaired) electrons. The van der Waals surface area contributed by atoms with E-state index in [9.17, 15) is 9.59 Å². The van der Waals surface area contributed by atoms with Crippen LogP contribution in [0.2, 0.25) is 0 Å². The van der Waals surface area contributed by atoms with E-state index in [0.29, 0.717) is 19.8 Å². The summed E-state index contributed by atoms with van der Waals surface area (Å²) in [4.78, 5) is 24.9. The summed E-state index contributed by atoms with van der Waals surface area (Å²) in [7, 11) is 0. The molecule has 0 aliphatic heterocycles. The van der Waals surface area contributed by atoms with Crippen molar-refractivity contribution in [2.45, 2.75) is 13.3 Å². The SMILES string of the molecule is CCOCCCNC(=O)c1cccc(=O)[nH]1. The molecule has 0 saturated carbocycles. The van der Waals surface area contributed by atoms with Crippen LogP contribution in [0.3, 0.4) is 0 Å². The standard InChI is InChI=1S/C11H16N2O3/c1-2-16-8-4-7-12-11(15)9-5-3-6-10(14)13-9/h3,5-6H,2,4,7-8H2,1H3,(H,12,15)(H,13,14). The molecule has 1 rings (SSSR count). The first kappa shape index (κ1) is 12.4. The van der Waals surface area contributed by atoms with E-state index in [1.165, 1.54) is 6.07 Å². The summed E-state index contributed by atoms with van der Waals surface area (Å²) in [6.07, 6.45) is 0.761. The molecule has 0 fully saturated rings. The number of aromatic amines is 1. The highest BCUT2D eigenvalue weighted by molar-refractivity contribution is 5.92.